The molecule has 1 N–H and O–H groups in total. The number of benzene rings is 1. The zero-order chi connectivity index (χ0) is 23.3. The first kappa shape index (κ1) is 21.2. The van der Waals surface area contributed by atoms with Crippen LogP contribution in [0.25, 0.3) is 16.9 Å². The molecule has 0 bridgehead atoms. The van der Waals surface area contributed by atoms with E-state index < -0.39 is 22.8 Å². The molecule has 0 unspecified atom stereocenters. The van der Waals surface area contributed by atoms with Crippen molar-refractivity contribution in [3.05, 3.63) is 58.3 Å². The topological polar surface area (TPSA) is 105 Å². The third-order valence-corrected chi connectivity index (χ3v) is 5.51. The quantitative estimate of drug-likeness (QED) is 0.413. The first-order chi connectivity index (χ1) is 15.7. The number of anilines is 1. The van der Waals surface area contributed by atoms with Crippen LogP contribution in [0.2, 0.25) is 5.02 Å². The second-order valence-corrected chi connectivity index (χ2v) is 8.12. The van der Waals surface area contributed by atoms with Crippen LogP contribution in [-0.2, 0) is 6.18 Å². The van der Waals surface area contributed by atoms with Crippen LogP contribution in [0.15, 0.2) is 34.9 Å². The molecule has 4 aromatic rings. The van der Waals surface area contributed by atoms with Crippen LogP contribution in [0.1, 0.15) is 54.5 Å². The highest BCUT2D eigenvalue weighted by Gasteiger charge is 2.34. The number of oxazole rings is 1. The number of aromatic nitrogens is 5. The van der Waals surface area contributed by atoms with Gasteiger partial charge in [-0.2, -0.15) is 28.1 Å². The highest BCUT2D eigenvalue weighted by molar-refractivity contribution is 6.32. The zero-order valence-corrected chi connectivity index (χ0v) is 17.8. The molecule has 12 heteroatoms. The highest BCUT2D eigenvalue weighted by Crippen LogP contribution is 2.40. The van der Waals surface area contributed by atoms with Crippen LogP contribution in [0.5, 0.6) is 0 Å². The molecule has 0 saturated heterocycles. The predicted molar refractivity (Wildman–Crippen MR) is 112 cm³/mol. The summed E-state index contributed by atoms with van der Waals surface area (Å²) in [5.74, 6) is 1.97. The van der Waals surface area contributed by atoms with Crippen LogP contribution < -0.4 is 5.32 Å². The molecule has 5 rings (SSSR count). The van der Waals surface area contributed by atoms with E-state index in [0.717, 1.165) is 25.0 Å². The Morgan fingerprint density at radius 3 is 2.70 bits per heavy atom. The van der Waals surface area contributed by atoms with Crippen LogP contribution >= 0.6 is 11.6 Å². The molecule has 168 valence electrons. The largest absolute Gasteiger partial charge is 0.423 e. The molecule has 1 saturated carbocycles. The van der Waals surface area contributed by atoms with Crippen molar-refractivity contribution in [3.63, 3.8) is 0 Å². The van der Waals surface area contributed by atoms with Gasteiger partial charge in [-0.1, -0.05) is 11.6 Å². The molecule has 8 nitrogen and oxygen atoms in total. The molecule has 1 atom stereocenters. The summed E-state index contributed by atoms with van der Waals surface area (Å²) < 4.78 is 46.6. The van der Waals surface area contributed by atoms with Gasteiger partial charge in [-0.05, 0) is 38.0 Å². The second kappa shape index (κ2) is 7.74. The smallest absolute Gasteiger partial charge is 0.417 e. The van der Waals surface area contributed by atoms with Gasteiger partial charge in [0, 0.05) is 18.2 Å². The third-order valence-electron chi connectivity index (χ3n) is 5.19. The van der Waals surface area contributed by atoms with Crippen LogP contribution in [0, 0.1) is 11.3 Å². The molecule has 3 aromatic heterocycles. The van der Waals surface area contributed by atoms with Crippen LogP contribution in [-0.4, -0.2) is 24.7 Å². The van der Waals surface area contributed by atoms with E-state index in [1.807, 2.05) is 6.07 Å². The first-order valence-corrected chi connectivity index (χ1v) is 10.4. The van der Waals surface area contributed by atoms with Crippen molar-refractivity contribution in [1.82, 2.24) is 24.7 Å². The van der Waals surface area contributed by atoms with Gasteiger partial charge in [0.2, 0.25) is 0 Å². The van der Waals surface area contributed by atoms with Gasteiger partial charge in [0.25, 0.3) is 6.01 Å². The van der Waals surface area contributed by atoms with Gasteiger partial charge in [0.05, 0.1) is 22.2 Å². The standard InChI is InChI=1S/C21H15ClF3N7O/c1-10(28-20-29-15-6-13(21(23,24)25)14(22)7-16(15)33-20)19-30-18(12-3-4-12)31-32(19)17-5-2-11(8-26)9-27-17/h2,5-7,9-10,12H,3-4H2,1H3,(H,28,29)/t10-/m0/s1. The third kappa shape index (κ3) is 4.09. The van der Waals surface area contributed by atoms with Gasteiger partial charge in [0.1, 0.15) is 11.6 Å². The van der Waals surface area contributed by atoms with Gasteiger partial charge in [0.15, 0.2) is 23.0 Å². The number of nitrogens with one attached hydrogen (secondary N) is 1. The average molecular weight is 474 g/mol. The maximum atomic E-state index is 13.1. The number of halogens is 4. The maximum absolute atomic E-state index is 13.1. The lowest BCUT2D eigenvalue weighted by molar-refractivity contribution is -0.137. The SMILES string of the molecule is C[C@H](Nc1nc2cc(C(F)(F)F)c(Cl)cc2o1)c1nc(C2CC2)nn1-c1ccc(C#N)cn1. The number of pyridine rings is 1. The van der Waals surface area contributed by atoms with Crippen molar-refractivity contribution in [2.45, 2.75) is 37.9 Å². The van der Waals surface area contributed by atoms with E-state index in [4.69, 9.17) is 21.3 Å². The van der Waals surface area contributed by atoms with Crippen molar-refractivity contribution < 1.29 is 17.6 Å². The molecule has 3 heterocycles. The molecule has 0 spiro atoms. The molecular weight excluding hydrogens is 459 g/mol. The van der Waals surface area contributed by atoms with E-state index in [1.54, 1.807) is 23.7 Å². The summed E-state index contributed by atoms with van der Waals surface area (Å²) in [6.07, 6.45) is -1.16. The van der Waals surface area contributed by atoms with Gasteiger partial charge in [-0.15, -0.1) is 5.10 Å². The molecule has 0 aliphatic heterocycles. The lowest BCUT2D eigenvalue weighted by Gasteiger charge is -2.12. The molecule has 1 aliphatic rings. The number of fused-ring (bicyclic) bond motifs is 1. The number of nitriles is 1. The molecule has 0 amide bonds. The minimum Gasteiger partial charge on any atom is -0.423 e. The highest BCUT2D eigenvalue weighted by atomic mass is 35.5. The summed E-state index contributed by atoms with van der Waals surface area (Å²) in [7, 11) is 0. The number of rotatable bonds is 5. The van der Waals surface area contributed by atoms with Gasteiger partial charge in [-0.3, -0.25) is 0 Å². The number of nitrogens with zero attached hydrogens (tertiary/aromatic N) is 6. The van der Waals surface area contributed by atoms with E-state index in [9.17, 15) is 13.2 Å². The van der Waals surface area contributed by atoms with E-state index in [0.29, 0.717) is 23.0 Å². The number of hydrogen-bond donors (Lipinski definition) is 1. The summed E-state index contributed by atoms with van der Waals surface area (Å²) in [6.45, 7) is 1.80. The van der Waals surface area contributed by atoms with E-state index in [1.165, 1.54) is 6.20 Å². The fraction of sp³-hybridized carbons (Fsp3) is 0.286. The fourth-order valence-electron chi connectivity index (χ4n) is 3.36. The van der Waals surface area contributed by atoms with Crippen LogP contribution in [0.4, 0.5) is 19.2 Å². The van der Waals surface area contributed by atoms with Crippen molar-refractivity contribution in [2.24, 2.45) is 0 Å². The second-order valence-electron chi connectivity index (χ2n) is 7.71. The summed E-state index contributed by atoms with van der Waals surface area (Å²) in [4.78, 5) is 13.1. The summed E-state index contributed by atoms with van der Waals surface area (Å²) in [5.41, 5.74) is -0.422. The number of hydrogen-bond acceptors (Lipinski definition) is 7. The van der Waals surface area contributed by atoms with Crippen molar-refractivity contribution >= 4 is 28.7 Å². The lowest BCUT2D eigenvalue weighted by Crippen LogP contribution is -2.14. The number of alkyl halides is 3. The van der Waals surface area contributed by atoms with Gasteiger partial charge < -0.3 is 9.73 Å². The molecule has 0 radical (unpaired) electrons. The Morgan fingerprint density at radius 1 is 1.27 bits per heavy atom. The van der Waals surface area contributed by atoms with Crippen molar-refractivity contribution in [1.29, 1.82) is 5.26 Å². The lowest BCUT2D eigenvalue weighted by atomic mass is 10.2. The van der Waals surface area contributed by atoms with Crippen LogP contribution in [0.3, 0.4) is 0 Å². The minimum absolute atomic E-state index is 0.0169. The molecule has 33 heavy (non-hydrogen) atoms. The Labute approximate surface area is 190 Å². The summed E-state index contributed by atoms with van der Waals surface area (Å²) >= 11 is 5.77. The Morgan fingerprint density at radius 2 is 2.06 bits per heavy atom. The van der Waals surface area contributed by atoms with E-state index >= 15 is 0 Å². The predicted octanol–water partition coefficient (Wildman–Crippen LogP) is 5.40. The maximum Gasteiger partial charge on any atom is 0.417 e. The Balaban J connectivity index is 1.47. The fourth-order valence-corrected chi connectivity index (χ4v) is 3.62. The zero-order valence-electron chi connectivity index (χ0n) is 17.1. The average Bonchev–Trinajstić information content (AvgIpc) is 3.40. The molecule has 1 aliphatic carbocycles. The molecule has 1 fully saturated rings. The Hall–Kier alpha value is -3.65. The Bertz CT molecular complexity index is 1380. The van der Waals surface area contributed by atoms with E-state index in [-0.39, 0.29) is 23.0 Å². The van der Waals surface area contributed by atoms with Gasteiger partial charge >= 0.3 is 6.18 Å². The molecular formula is C21H15ClF3N7O. The summed E-state index contributed by atoms with van der Waals surface area (Å²) in [5, 5.41) is 16.1. The van der Waals surface area contributed by atoms with E-state index in [2.05, 4.69) is 25.4 Å². The monoisotopic (exact) mass is 473 g/mol. The first-order valence-electron chi connectivity index (χ1n) is 10.00. The van der Waals surface area contributed by atoms with Crippen molar-refractivity contribution in [3.8, 4) is 11.9 Å². The van der Waals surface area contributed by atoms with Gasteiger partial charge in [-0.25, -0.2) is 9.97 Å². The normalized spacial score (nSPS) is 14.9. The Kier molecular flexibility index (Phi) is 4.97. The molecule has 1 aromatic carbocycles. The summed E-state index contributed by atoms with van der Waals surface area (Å²) in [6, 6.07) is 6.80. The van der Waals surface area contributed by atoms with Crippen molar-refractivity contribution in [2.75, 3.05) is 5.32 Å². The minimum atomic E-state index is -4.60.